The SMILES string of the molecule is CN(C)C1(C(N)c2ccccc2)CCCC1.CSc1cc(C(F)(F)F)cc(C(F)(F)F)c1C(=O)NC(c1ccccc1)C1(N(C)C)CCCC1. The molecule has 12 heteroatoms. The van der Waals surface area contributed by atoms with Crippen molar-refractivity contribution in [2.24, 2.45) is 5.73 Å². The van der Waals surface area contributed by atoms with Crippen LogP contribution in [0.3, 0.4) is 0 Å². The van der Waals surface area contributed by atoms with Crippen LogP contribution in [0.15, 0.2) is 77.7 Å². The van der Waals surface area contributed by atoms with Crippen LogP contribution in [0.1, 0.15) is 96.1 Å². The largest absolute Gasteiger partial charge is 0.417 e. The molecule has 50 heavy (non-hydrogen) atoms. The minimum Gasteiger partial charge on any atom is -0.343 e. The van der Waals surface area contributed by atoms with E-state index in [1.807, 2.05) is 25.1 Å². The van der Waals surface area contributed by atoms with Gasteiger partial charge in [-0.2, -0.15) is 26.3 Å². The third kappa shape index (κ3) is 8.52. The number of likely N-dealkylation sites (N-methyl/N-ethyl adjacent to an activating group) is 2. The van der Waals surface area contributed by atoms with Gasteiger partial charge in [0, 0.05) is 22.0 Å². The summed E-state index contributed by atoms with van der Waals surface area (Å²) >= 11 is 0.674. The Morgan fingerprint density at radius 2 is 1.20 bits per heavy atom. The minimum absolute atomic E-state index is 0.0173. The molecule has 0 spiro atoms. The van der Waals surface area contributed by atoms with Gasteiger partial charge in [0.15, 0.2) is 0 Å². The Morgan fingerprint density at radius 3 is 1.62 bits per heavy atom. The van der Waals surface area contributed by atoms with Gasteiger partial charge >= 0.3 is 12.4 Å². The van der Waals surface area contributed by atoms with Crippen molar-refractivity contribution >= 4 is 17.7 Å². The molecule has 3 aromatic carbocycles. The molecule has 2 atom stereocenters. The third-order valence-corrected chi connectivity index (χ3v) is 11.3. The van der Waals surface area contributed by atoms with Gasteiger partial charge in [0.2, 0.25) is 0 Å². The maximum absolute atomic E-state index is 13.9. The molecule has 0 aliphatic heterocycles. The average molecular weight is 723 g/mol. The number of hydrogen-bond acceptors (Lipinski definition) is 5. The van der Waals surface area contributed by atoms with Crippen molar-refractivity contribution in [1.82, 2.24) is 15.1 Å². The molecule has 0 heterocycles. The number of hydrogen-bond donors (Lipinski definition) is 2. The standard InChI is InChI=1S/C24H26F6N2OS.C14H22N2/c1-32(2)22(11-7-8-12-22)20(15-9-5-4-6-10-15)31-21(33)19-17(24(28,29)30)13-16(23(25,26)27)14-18(19)34-3;1-16(2)14(10-6-7-11-14)13(15)12-8-4-3-5-9-12/h4-6,9-10,13-14,20H,7-8,11-12H2,1-3H3,(H,31,33);3-5,8-9,13H,6-7,10-11,15H2,1-2H3. The first-order valence-electron chi connectivity index (χ1n) is 16.9. The highest BCUT2D eigenvalue weighted by atomic mass is 32.2. The van der Waals surface area contributed by atoms with E-state index in [0.29, 0.717) is 30.7 Å². The van der Waals surface area contributed by atoms with Crippen LogP contribution >= 0.6 is 11.8 Å². The summed E-state index contributed by atoms with van der Waals surface area (Å²) in [7, 11) is 8.04. The van der Waals surface area contributed by atoms with E-state index >= 15 is 0 Å². The molecule has 5 nitrogen and oxygen atoms in total. The van der Waals surface area contributed by atoms with Crippen molar-refractivity contribution in [2.45, 2.75) is 91.8 Å². The summed E-state index contributed by atoms with van der Waals surface area (Å²) in [6.45, 7) is 0. The smallest absolute Gasteiger partial charge is 0.343 e. The van der Waals surface area contributed by atoms with Crippen LogP contribution in [-0.4, -0.2) is 61.2 Å². The van der Waals surface area contributed by atoms with Crippen molar-refractivity contribution in [2.75, 3.05) is 34.4 Å². The van der Waals surface area contributed by atoms with Crippen LogP contribution < -0.4 is 11.1 Å². The van der Waals surface area contributed by atoms with Gasteiger partial charge < -0.3 is 20.9 Å². The molecule has 274 valence electrons. The Balaban J connectivity index is 0.000000291. The van der Waals surface area contributed by atoms with Gasteiger partial charge in [-0.05, 0) is 83.4 Å². The molecule has 0 bridgehead atoms. The van der Waals surface area contributed by atoms with E-state index in [4.69, 9.17) is 5.73 Å². The van der Waals surface area contributed by atoms with E-state index in [-0.39, 0.29) is 22.5 Å². The number of carbonyl (C=O) groups is 1. The van der Waals surface area contributed by atoms with Gasteiger partial charge in [0.25, 0.3) is 5.91 Å². The van der Waals surface area contributed by atoms with Crippen molar-refractivity contribution in [1.29, 1.82) is 0 Å². The monoisotopic (exact) mass is 722 g/mol. The first kappa shape index (κ1) is 39.7. The van der Waals surface area contributed by atoms with Crippen LogP contribution in [0, 0.1) is 0 Å². The van der Waals surface area contributed by atoms with Crippen molar-refractivity contribution in [3.05, 3.63) is 101 Å². The summed E-state index contributed by atoms with van der Waals surface area (Å²) in [6, 6.07) is 19.5. The average Bonchev–Trinajstić information content (AvgIpc) is 3.79. The second-order valence-corrected chi connectivity index (χ2v) is 14.6. The first-order valence-corrected chi connectivity index (χ1v) is 18.1. The van der Waals surface area contributed by atoms with Crippen molar-refractivity contribution < 1.29 is 31.1 Å². The summed E-state index contributed by atoms with van der Waals surface area (Å²) in [5.74, 6) is -1.05. The lowest BCUT2D eigenvalue weighted by Gasteiger charge is -2.44. The molecule has 0 saturated heterocycles. The molecule has 2 aliphatic carbocycles. The van der Waals surface area contributed by atoms with Crippen LogP contribution in [-0.2, 0) is 12.4 Å². The van der Waals surface area contributed by atoms with Crippen LogP contribution in [0.4, 0.5) is 26.3 Å². The lowest BCUT2D eigenvalue weighted by atomic mass is 9.82. The molecule has 1 amide bonds. The summed E-state index contributed by atoms with van der Waals surface area (Å²) < 4.78 is 81.6. The number of halogens is 6. The zero-order chi connectivity index (χ0) is 36.9. The highest BCUT2D eigenvalue weighted by Gasteiger charge is 2.47. The predicted octanol–water partition coefficient (Wildman–Crippen LogP) is 9.35. The minimum atomic E-state index is -5.15. The fraction of sp³-hybridized carbons (Fsp3) is 0.500. The van der Waals surface area contributed by atoms with Gasteiger partial charge in [-0.15, -0.1) is 11.8 Å². The summed E-state index contributed by atoms with van der Waals surface area (Å²) in [5, 5.41) is 2.78. The van der Waals surface area contributed by atoms with E-state index in [1.54, 1.807) is 30.3 Å². The Labute approximate surface area is 296 Å². The number of amides is 1. The molecule has 3 N–H and O–H groups in total. The van der Waals surface area contributed by atoms with Crippen LogP contribution in [0.25, 0.3) is 0 Å². The second-order valence-electron chi connectivity index (χ2n) is 13.7. The van der Waals surface area contributed by atoms with E-state index in [9.17, 15) is 31.1 Å². The molecule has 2 unspecified atom stereocenters. The molecule has 2 saturated carbocycles. The number of rotatable bonds is 9. The molecule has 2 aliphatic rings. The third-order valence-electron chi connectivity index (χ3n) is 10.6. The molecule has 2 fully saturated rings. The first-order chi connectivity index (χ1) is 23.5. The van der Waals surface area contributed by atoms with Gasteiger partial charge in [0.05, 0.1) is 22.7 Å². The number of benzene rings is 3. The fourth-order valence-electron chi connectivity index (χ4n) is 7.75. The number of nitrogens with zero attached hydrogens (tertiary/aromatic N) is 2. The van der Waals surface area contributed by atoms with Gasteiger partial charge in [-0.1, -0.05) is 86.3 Å². The quantitative estimate of drug-likeness (QED) is 0.170. The topological polar surface area (TPSA) is 61.6 Å². The molecular weight excluding hydrogens is 674 g/mol. The Kier molecular flexibility index (Phi) is 12.8. The van der Waals surface area contributed by atoms with E-state index < -0.39 is 46.5 Å². The van der Waals surface area contributed by atoms with Crippen LogP contribution in [0.2, 0.25) is 0 Å². The number of alkyl halides is 6. The van der Waals surface area contributed by atoms with E-state index in [1.165, 1.54) is 37.5 Å². The zero-order valence-electron chi connectivity index (χ0n) is 29.3. The number of nitrogens with two attached hydrogens (primary N) is 1. The maximum atomic E-state index is 13.9. The van der Waals surface area contributed by atoms with Gasteiger partial charge in [0.1, 0.15) is 0 Å². The number of carbonyl (C=O) groups excluding carboxylic acids is 1. The lowest BCUT2D eigenvalue weighted by molar-refractivity contribution is -0.143. The Bertz CT molecular complexity index is 1550. The lowest BCUT2D eigenvalue weighted by Crippen LogP contribution is -2.53. The zero-order valence-corrected chi connectivity index (χ0v) is 30.1. The number of nitrogens with one attached hydrogen (secondary N) is 1. The molecule has 0 aromatic heterocycles. The molecule has 5 rings (SSSR count). The van der Waals surface area contributed by atoms with E-state index in [2.05, 4.69) is 48.6 Å². The molecule has 0 radical (unpaired) electrons. The predicted molar refractivity (Wildman–Crippen MR) is 188 cm³/mol. The van der Waals surface area contributed by atoms with Gasteiger partial charge in [-0.25, -0.2) is 0 Å². The molecular formula is C38H48F6N4OS. The fourth-order valence-corrected chi connectivity index (χ4v) is 8.40. The highest BCUT2D eigenvalue weighted by molar-refractivity contribution is 7.98. The van der Waals surface area contributed by atoms with Crippen LogP contribution in [0.5, 0.6) is 0 Å². The molecule has 3 aromatic rings. The Hall–Kier alpha value is -3.06. The maximum Gasteiger partial charge on any atom is 0.417 e. The van der Waals surface area contributed by atoms with E-state index in [0.717, 1.165) is 18.4 Å². The second kappa shape index (κ2) is 16.1. The summed E-state index contributed by atoms with van der Waals surface area (Å²) in [6.07, 6.45) is -0.521. The summed E-state index contributed by atoms with van der Waals surface area (Å²) in [5.41, 5.74) is 4.27. The number of thioether (sulfide) groups is 1. The normalized spacial score (nSPS) is 18.4. The Morgan fingerprint density at radius 1 is 0.740 bits per heavy atom. The van der Waals surface area contributed by atoms with Gasteiger partial charge in [-0.3, -0.25) is 4.79 Å². The highest BCUT2D eigenvalue weighted by Crippen LogP contribution is 2.46. The summed E-state index contributed by atoms with van der Waals surface area (Å²) in [4.78, 5) is 17.4. The van der Waals surface area contributed by atoms with Crippen molar-refractivity contribution in [3.63, 3.8) is 0 Å². The van der Waals surface area contributed by atoms with Crippen molar-refractivity contribution in [3.8, 4) is 0 Å².